The van der Waals surface area contributed by atoms with E-state index in [1.165, 1.54) is 12.1 Å². The standard InChI is InChI=1S/C12H16FN3O/c1-9-8-16(7-6-15(9)2)12(17)10-4-3-5-11(13)14-10/h3-5,9H,6-8H2,1-2H3. The summed E-state index contributed by atoms with van der Waals surface area (Å²) in [6.07, 6.45) is 0. The number of aromatic nitrogens is 1. The third kappa shape index (κ3) is 2.61. The Balaban J connectivity index is 2.10. The lowest BCUT2D eigenvalue weighted by molar-refractivity contribution is 0.0565. The van der Waals surface area contributed by atoms with Crippen LogP contribution in [0.4, 0.5) is 4.39 Å². The molecule has 1 aliphatic rings. The predicted octanol–water partition coefficient (Wildman–Crippen LogP) is 0.997. The van der Waals surface area contributed by atoms with E-state index in [1.54, 1.807) is 11.0 Å². The molecule has 1 fully saturated rings. The summed E-state index contributed by atoms with van der Waals surface area (Å²) in [5, 5.41) is 0. The van der Waals surface area contributed by atoms with Crippen molar-refractivity contribution in [2.24, 2.45) is 0 Å². The van der Waals surface area contributed by atoms with Crippen LogP contribution in [0.5, 0.6) is 0 Å². The molecule has 2 heterocycles. The Hall–Kier alpha value is -1.49. The van der Waals surface area contributed by atoms with Crippen LogP contribution in [-0.2, 0) is 0 Å². The van der Waals surface area contributed by atoms with Gasteiger partial charge in [0.1, 0.15) is 5.69 Å². The molecule has 0 N–H and O–H groups in total. The number of likely N-dealkylation sites (N-methyl/N-ethyl adjacent to an activating group) is 1. The maximum absolute atomic E-state index is 12.9. The molecule has 5 heteroatoms. The minimum Gasteiger partial charge on any atom is -0.334 e. The summed E-state index contributed by atoms with van der Waals surface area (Å²) in [6, 6.07) is 4.62. The van der Waals surface area contributed by atoms with Gasteiger partial charge in [-0.25, -0.2) is 4.98 Å². The minimum atomic E-state index is -0.613. The fraction of sp³-hybridized carbons (Fsp3) is 0.500. The summed E-state index contributed by atoms with van der Waals surface area (Å²) < 4.78 is 12.9. The molecule has 0 spiro atoms. The molecule has 2 rings (SSSR count). The quantitative estimate of drug-likeness (QED) is 0.684. The maximum atomic E-state index is 12.9. The first-order valence-corrected chi connectivity index (χ1v) is 5.70. The van der Waals surface area contributed by atoms with Gasteiger partial charge >= 0.3 is 0 Å². The average molecular weight is 237 g/mol. The number of amides is 1. The highest BCUT2D eigenvalue weighted by Crippen LogP contribution is 2.10. The molecule has 0 bridgehead atoms. The molecule has 1 atom stereocenters. The number of hydrogen-bond donors (Lipinski definition) is 0. The molecule has 1 unspecified atom stereocenters. The monoisotopic (exact) mass is 237 g/mol. The van der Waals surface area contributed by atoms with Crippen LogP contribution in [0.15, 0.2) is 18.2 Å². The molecule has 92 valence electrons. The van der Waals surface area contributed by atoms with Crippen molar-refractivity contribution < 1.29 is 9.18 Å². The second-order valence-electron chi connectivity index (χ2n) is 4.43. The zero-order valence-electron chi connectivity index (χ0n) is 10.1. The van der Waals surface area contributed by atoms with Crippen molar-refractivity contribution in [3.8, 4) is 0 Å². The van der Waals surface area contributed by atoms with E-state index in [4.69, 9.17) is 0 Å². The molecule has 4 nitrogen and oxygen atoms in total. The first-order chi connectivity index (χ1) is 8.08. The number of pyridine rings is 1. The molecule has 1 aliphatic heterocycles. The predicted molar refractivity (Wildman–Crippen MR) is 62.2 cm³/mol. The second kappa shape index (κ2) is 4.79. The van der Waals surface area contributed by atoms with Crippen molar-refractivity contribution in [1.82, 2.24) is 14.8 Å². The summed E-state index contributed by atoms with van der Waals surface area (Å²) in [7, 11) is 2.03. The molecule has 0 aliphatic carbocycles. The Labute approximate surface area is 100 Å². The van der Waals surface area contributed by atoms with Crippen molar-refractivity contribution in [2.45, 2.75) is 13.0 Å². The number of halogens is 1. The van der Waals surface area contributed by atoms with E-state index >= 15 is 0 Å². The number of nitrogens with zero attached hydrogens (tertiary/aromatic N) is 3. The van der Waals surface area contributed by atoms with Gasteiger partial charge in [-0.2, -0.15) is 4.39 Å². The summed E-state index contributed by atoms with van der Waals surface area (Å²) in [5.74, 6) is -0.803. The van der Waals surface area contributed by atoms with Gasteiger partial charge in [-0.3, -0.25) is 4.79 Å². The lowest BCUT2D eigenvalue weighted by Gasteiger charge is -2.37. The lowest BCUT2D eigenvalue weighted by atomic mass is 10.2. The van der Waals surface area contributed by atoms with E-state index in [1.807, 2.05) is 7.05 Å². The molecule has 1 aromatic heterocycles. The maximum Gasteiger partial charge on any atom is 0.272 e. The summed E-state index contributed by atoms with van der Waals surface area (Å²) in [6.45, 7) is 4.23. The SMILES string of the molecule is CC1CN(C(=O)c2cccc(F)n2)CCN1C. The van der Waals surface area contributed by atoms with Crippen molar-refractivity contribution in [3.05, 3.63) is 29.8 Å². The van der Waals surface area contributed by atoms with Crippen LogP contribution < -0.4 is 0 Å². The van der Waals surface area contributed by atoms with E-state index in [9.17, 15) is 9.18 Å². The van der Waals surface area contributed by atoms with E-state index < -0.39 is 5.95 Å². The number of rotatable bonds is 1. The van der Waals surface area contributed by atoms with Crippen molar-refractivity contribution in [3.63, 3.8) is 0 Å². The largest absolute Gasteiger partial charge is 0.334 e. The molecule has 0 saturated carbocycles. The highest BCUT2D eigenvalue weighted by molar-refractivity contribution is 5.92. The number of carbonyl (C=O) groups excluding carboxylic acids is 1. The van der Waals surface area contributed by atoms with Crippen molar-refractivity contribution in [2.75, 3.05) is 26.7 Å². The number of carbonyl (C=O) groups is 1. The van der Waals surface area contributed by atoms with Gasteiger partial charge in [0.05, 0.1) is 0 Å². The fourth-order valence-corrected chi connectivity index (χ4v) is 1.92. The van der Waals surface area contributed by atoms with Crippen LogP contribution in [0.25, 0.3) is 0 Å². The van der Waals surface area contributed by atoms with Gasteiger partial charge in [0, 0.05) is 25.7 Å². The summed E-state index contributed by atoms with van der Waals surface area (Å²) in [4.78, 5) is 19.6. The minimum absolute atomic E-state index is 0.182. The molecule has 17 heavy (non-hydrogen) atoms. The molecule has 1 saturated heterocycles. The third-order valence-electron chi connectivity index (χ3n) is 3.18. The van der Waals surface area contributed by atoms with Gasteiger partial charge < -0.3 is 9.80 Å². The first-order valence-electron chi connectivity index (χ1n) is 5.70. The van der Waals surface area contributed by atoms with Crippen LogP contribution in [0.1, 0.15) is 17.4 Å². The Morgan fingerprint density at radius 1 is 1.47 bits per heavy atom. The molecule has 1 aromatic rings. The highest BCUT2D eigenvalue weighted by atomic mass is 19.1. The van der Waals surface area contributed by atoms with Crippen molar-refractivity contribution >= 4 is 5.91 Å². The van der Waals surface area contributed by atoms with Gasteiger partial charge in [0.15, 0.2) is 0 Å². The molecule has 1 amide bonds. The smallest absolute Gasteiger partial charge is 0.272 e. The number of piperazine rings is 1. The Morgan fingerprint density at radius 2 is 2.24 bits per heavy atom. The highest BCUT2D eigenvalue weighted by Gasteiger charge is 2.25. The van der Waals surface area contributed by atoms with E-state index in [0.717, 1.165) is 6.54 Å². The van der Waals surface area contributed by atoms with Crippen LogP contribution in [0.3, 0.4) is 0 Å². The summed E-state index contributed by atoms with van der Waals surface area (Å²) >= 11 is 0. The zero-order valence-corrected chi connectivity index (χ0v) is 10.1. The van der Waals surface area contributed by atoms with Crippen LogP contribution in [0, 0.1) is 5.95 Å². The van der Waals surface area contributed by atoms with Crippen LogP contribution in [0.2, 0.25) is 0 Å². The Bertz CT molecular complexity index is 424. The van der Waals surface area contributed by atoms with Gasteiger partial charge in [0.25, 0.3) is 5.91 Å². The average Bonchev–Trinajstić information content (AvgIpc) is 2.32. The Morgan fingerprint density at radius 3 is 2.88 bits per heavy atom. The van der Waals surface area contributed by atoms with Crippen LogP contribution in [-0.4, -0.2) is 53.4 Å². The fourth-order valence-electron chi connectivity index (χ4n) is 1.92. The normalized spacial score (nSPS) is 21.6. The molecular formula is C12H16FN3O. The van der Waals surface area contributed by atoms with E-state index in [2.05, 4.69) is 16.8 Å². The molecular weight excluding hydrogens is 221 g/mol. The molecule has 0 radical (unpaired) electrons. The van der Waals surface area contributed by atoms with Gasteiger partial charge in [-0.05, 0) is 26.1 Å². The topological polar surface area (TPSA) is 36.4 Å². The molecule has 0 aromatic carbocycles. The van der Waals surface area contributed by atoms with Crippen LogP contribution >= 0.6 is 0 Å². The number of hydrogen-bond acceptors (Lipinski definition) is 3. The van der Waals surface area contributed by atoms with Gasteiger partial charge in [0.2, 0.25) is 5.95 Å². The van der Waals surface area contributed by atoms with Gasteiger partial charge in [-0.15, -0.1) is 0 Å². The third-order valence-corrected chi connectivity index (χ3v) is 3.18. The summed E-state index contributed by atoms with van der Waals surface area (Å²) in [5.41, 5.74) is 0.182. The Kier molecular flexibility index (Phi) is 3.38. The van der Waals surface area contributed by atoms with E-state index in [0.29, 0.717) is 19.1 Å². The van der Waals surface area contributed by atoms with Crippen molar-refractivity contribution in [1.29, 1.82) is 0 Å². The lowest BCUT2D eigenvalue weighted by Crippen LogP contribution is -2.52. The van der Waals surface area contributed by atoms with Gasteiger partial charge in [-0.1, -0.05) is 6.07 Å². The first kappa shape index (κ1) is 12.0. The zero-order chi connectivity index (χ0) is 12.4. The van der Waals surface area contributed by atoms with E-state index in [-0.39, 0.29) is 11.6 Å². The second-order valence-corrected chi connectivity index (χ2v) is 4.43.